The summed E-state index contributed by atoms with van der Waals surface area (Å²) in [6.45, 7) is 2.68. The predicted molar refractivity (Wildman–Crippen MR) is 79.0 cm³/mol. The van der Waals surface area contributed by atoms with Crippen LogP contribution >= 0.6 is 0 Å². The first-order valence-electron chi connectivity index (χ1n) is 6.73. The Hall–Kier alpha value is -1.79. The van der Waals surface area contributed by atoms with E-state index in [-0.39, 0.29) is 5.91 Å². The fourth-order valence-electron chi connectivity index (χ4n) is 2.09. The van der Waals surface area contributed by atoms with Crippen molar-refractivity contribution in [3.63, 3.8) is 0 Å². The highest BCUT2D eigenvalue weighted by molar-refractivity contribution is 6.00. The second kappa shape index (κ2) is 7.12. The highest BCUT2D eigenvalue weighted by Gasteiger charge is 2.18. The van der Waals surface area contributed by atoms with Gasteiger partial charge in [-0.15, -0.1) is 0 Å². The van der Waals surface area contributed by atoms with E-state index in [2.05, 4.69) is 10.6 Å². The van der Waals surface area contributed by atoms with Crippen molar-refractivity contribution in [2.45, 2.75) is 12.8 Å². The van der Waals surface area contributed by atoms with Gasteiger partial charge in [0.05, 0.1) is 31.0 Å². The lowest BCUT2D eigenvalue weighted by atomic mass is 10.1. The maximum absolute atomic E-state index is 11.3. The number of nitrogens with one attached hydrogen (secondary N) is 2. The van der Waals surface area contributed by atoms with Crippen LogP contribution in [0.4, 0.5) is 17.1 Å². The molecule has 0 saturated heterocycles. The highest BCUT2D eigenvalue weighted by Crippen LogP contribution is 2.31. The zero-order valence-electron chi connectivity index (χ0n) is 11.7. The molecule has 1 amide bonds. The number of methoxy groups -OCH3 is 1. The molecule has 6 nitrogen and oxygen atoms in total. The minimum absolute atomic E-state index is 0.0168. The van der Waals surface area contributed by atoms with Crippen LogP contribution in [0.1, 0.15) is 12.0 Å². The minimum Gasteiger partial charge on any atom is -0.397 e. The summed E-state index contributed by atoms with van der Waals surface area (Å²) in [6, 6.07) is 3.74. The van der Waals surface area contributed by atoms with E-state index in [1.165, 1.54) is 0 Å². The van der Waals surface area contributed by atoms with E-state index in [1.807, 2.05) is 12.1 Å². The SMILES string of the molecule is COCCOCCCNc1cc2c(cc1N)CC(=O)N2. The van der Waals surface area contributed by atoms with Crippen molar-refractivity contribution in [1.82, 2.24) is 0 Å². The average Bonchev–Trinajstić information content (AvgIpc) is 2.77. The van der Waals surface area contributed by atoms with E-state index in [1.54, 1.807) is 7.11 Å². The smallest absolute Gasteiger partial charge is 0.228 e. The summed E-state index contributed by atoms with van der Waals surface area (Å²) in [5.74, 6) is 0.0168. The van der Waals surface area contributed by atoms with E-state index >= 15 is 0 Å². The van der Waals surface area contributed by atoms with Gasteiger partial charge in [-0.1, -0.05) is 0 Å². The van der Waals surface area contributed by atoms with Gasteiger partial charge in [-0.3, -0.25) is 4.79 Å². The maximum atomic E-state index is 11.3. The number of rotatable bonds is 8. The molecule has 0 fully saturated rings. The molecule has 0 bridgehead atoms. The number of carbonyl (C=O) groups is 1. The lowest BCUT2D eigenvalue weighted by Gasteiger charge is -2.11. The molecule has 0 saturated carbocycles. The molecular weight excluding hydrogens is 258 g/mol. The molecule has 0 aromatic heterocycles. The molecule has 1 aliphatic heterocycles. The second-order valence-electron chi connectivity index (χ2n) is 4.71. The summed E-state index contributed by atoms with van der Waals surface area (Å²) in [7, 11) is 1.65. The third-order valence-electron chi connectivity index (χ3n) is 3.11. The molecule has 6 heteroatoms. The van der Waals surface area contributed by atoms with Crippen molar-refractivity contribution < 1.29 is 14.3 Å². The van der Waals surface area contributed by atoms with Crippen molar-refractivity contribution in [2.75, 3.05) is 49.8 Å². The number of fused-ring (bicyclic) bond motifs is 1. The van der Waals surface area contributed by atoms with Gasteiger partial charge in [0.1, 0.15) is 0 Å². The van der Waals surface area contributed by atoms with Crippen LogP contribution < -0.4 is 16.4 Å². The van der Waals surface area contributed by atoms with Crippen molar-refractivity contribution in [3.05, 3.63) is 17.7 Å². The summed E-state index contributed by atoms with van der Waals surface area (Å²) >= 11 is 0. The largest absolute Gasteiger partial charge is 0.397 e. The van der Waals surface area contributed by atoms with Crippen molar-refractivity contribution >= 4 is 23.0 Å². The Morgan fingerprint density at radius 3 is 3.00 bits per heavy atom. The lowest BCUT2D eigenvalue weighted by Crippen LogP contribution is -2.09. The average molecular weight is 279 g/mol. The molecule has 110 valence electrons. The molecule has 1 aliphatic rings. The molecule has 1 aromatic rings. The van der Waals surface area contributed by atoms with Gasteiger partial charge in [-0.2, -0.15) is 0 Å². The van der Waals surface area contributed by atoms with Crippen LogP contribution in [-0.4, -0.2) is 39.4 Å². The first-order valence-corrected chi connectivity index (χ1v) is 6.73. The minimum atomic E-state index is 0.0168. The number of anilines is 3. The van der Waals surface area contributed by atoms with Crippen LogP contribution in [0.15, 0.2) is 12.1 Å². The van der Waals surface area contributed by atoms with Gasteiger partial charge in [-0.25, -0.2) is 0 Å². The summed E-state index contributed by atoms with van der Waals surface area (Å²) in [6.07, 6.45) is 1.29. The van der Waals surface area contributed by atoms with E-state index < -0.39 is 0 Å². The lowest BCUT2D eigenvalue weighted by molar-refractivity contribution is -0.115. The summed E-state index contributed by atoms with van der Waals surface area (Å²) < 4.78 is 10.3. The standard InChI is InChI=1S/C14H21N3O3/c1-19-5-6-20-4-2-3-16-13-9-12-10(7-11(13)15)8-14(18)17-12/h7,9,16H,2-6,8,15H2,1H3,(H,17,18). The molecule has 20 heavy (non-hydrogen) atoms. The number of hydrogen-bond donors (Lipinski definition) is 3. The molecule has 4 N–H and O–H groups in total. The van der Waals surface area contributed by atoms with Gasteiger partial charge in [-0.05, 0) is 24.1 Å². The van der Waals surface area contributed by atoms with Crippen LogP contribution in [0, 0.1) is 0 Å². The molecule has 1 heterocycles. The van der Waals surface area contributed by atoms with Crippen molar-refractivity contribution in [1.29, 1.82) is 0 Å². The van der Waals surface area contributed by atoms with Gasteiger partial charge in [0.25, 0.3) is 0 Å². The van der Waals surface area contributed by atoms with Crippen LogP contribution in [0.2, 0.25) is 0 Å². The second-order valence-corrected chi connectivity index (χ2v) is 4.71. The van der Waals surface area contributed by atoms with Crippen molar-refractivity contribution in [3.8, 4) is 0 Å². The first kappa shape index (κ1) is 14.6. The molecule has 0 unspecified atom stereocenters. The fraction of sp³-hybridized carbons (Fsp3) is 0.500. The van der Waals surface area contributed by atoms with Crippen LogP contribution in [0.25, 0.3) is 0 Å². The topological polar surface area (TPSA) is 85.6 Å². The Morgan fingerprint density at radius 2 is 2.20 bits per heavy atom. The van der Waals surface area contributed by atoms with Gasteiger partial charge in [0.15, 0.2) is 0 Å². The van der Waals surface area contributed by atoms with E-state index in [9.17, 15) is 4.79 Å². The maximum Gasteiger partial charge on any atom is 0.228 e. The van der Waals surface area contributed by atoms with Crippen LogP contribution in [-0.2, 0) is 20.7 Å². The molecular formula is C14H21N3O3. The predicted octanol–water partition coefficient (Wildman–Crippen LogP) is 1.23. The molecule has 1 aromatic carbocycles. The van der Waals surface area contributed by atoms with E-state index in [0.717, 1.165) is 29.9 Å². The quantitative estimate of drug-likeness (QED) is 0.492. The summed E-state index contributed by atoms with van der Waals surface area (Å²) in [4.78, 5) is 11.3. The van der Waals surface area contributed by atoms with E-state index in [4.69, 9.17) is 15.2 Å². The summed E-state index contributed by atoms with van der Waals surface area (Å²) in [5.41, 5.74) is 9.30. The Kier molecular flexibility index (Phi) is 5.20. The highest BCUT2D eigenvalue weighted by atomic mass is 16.5. The van der Waals surface area contributed by atoms with Gasteiger partial charge < -0.3 is 25.8 Å². The molecule has 0 radical (unpaired) electrons. The number of benzene rings is 1. The Morgan fingerprint density at radius 1 is 1.35 bits per heavy atom. The fourth-order valence-corrected chi connectivity index (χ4v) is 2.09. The number of amides is 1. The third-order valence-corrected chi connectivity index (χ3v) is 3.11. The first-order chi connectivity index (χ1) is 9.70. The van der Waals surface area contributed by atoms with Crippen LogP contribution in [0.3, 0.4) is 0 Å². The Balaban J connectivity index is 1.76. The van der Waals surface area contributed by atoms with Gasteiger partial charge in [0.2, 0.25) is 5.91 Å². The number of carbonyl (C=O) groups excluding carboxylic acids is 1. The normalized spacial score (nSPS) is 13.2. The van der Waals surface area contributed by atoms with E-state index in [0.29, 0.717) is 31.9 Å². The zero-order valence-corrected chi connectivity index (χ0v) is 11.7. The molecule has 0 atom stereocenters. The van der Waals surface area contributed by atoms with Crippen molar-refractivity contribution in [2.24, 2.45) is 0 Å². The van der Waals surface area contributed by atoms with Crippen LogP contribution in [0.5, 0.6) is 0 Å². The molecule has 2 rings (SSSR count). The number of nitrogens with two attached hydrogens (primary N) is 1. The third kappa shape index (κ3) is 3.85. The Bertz CT molecular complexity index is 477. The zero-order chi connectivity index (χ0) is 14.4. The monoisotopic (exact) mass is 279 g/mol. The molecule has 0 aliphatic carbocycles. The Labute approximate surface area is 118 Å². The number of ether oxygens (including phenoxy) is 2. The van der Waals surface area contributed by atoms with Gasteiger partial charge >= 0.3 is 0 Å². The summed E-state index contributed by atoms with van der Waals surface area (Å²) in [5, 5.41) is 6.08. The van der Waals surface area contributed by atoms with Gasteiger partial charge in [0, 0.05) is 25.9 Å². The number of hydrogen-bond acceptors (Lipinski definition) is 5. The number of nitrogen functional groups attached to an aromatic ring is 1. The molecule has 0 spiro atoms.